The van der Waals surface area contributed by atoms with Gasteiger partial charge in [0.05, 0.1) is 19.0 Å². The van der Waals surface area contributed by atoms with Gasteiger partial charge in [0.1, 0.15) is 11.5 Å². The van der Waals surface area contributed by atoms with Crippen LogP contribution in [0.4, 0.5) is 5.69 Å². The maximum Gasteiger partial charge on any atom is 0.329 e. The molecule has 0 aliphatic carbocycles. The maximum absolute atomic E-state index is 11.8. The number of phenols is 1. The minimum Gasteiger partial charge on any atom is -0.507 e. The second-order valence-corrected chi connectivity index (χ2v) is 4.99. The number of carbonyl (C=O) groups excluding carboxylic acids is 2. The van der Waals surface area contributed by atoms with Gasteiger partial charge in [0, 0.05) is 10.6 Å². The van der Waals surface area contributed by atoms with Crippen LogP contribution in [0.2, 0.25) is 5.02 Å². The molecule has 0 spiro atoms. The Kier molecular flexibility index (Phi) is 5.75. The summed E-state index contributed by atoms with van der Waals surface area (Å²) in [6.45, 7) is 0. The van der Waals surface area contributed by atoms with E-state index in [1.54, 1.807) is 24.3 Å². The maximum atomic E-state index is 11.8. The lowest BCUT2D eigenvalue weighted by molar-refractivity contribution is -0.136. The molecule has 0 radical (unpaired) electrons. The number of anilines is 1. The van der Waals surface area contributed by atoms with Crippen molar-refractivity contribution in [3.05, 3.63) is 53.1 Å². The Morgan fingerprint density at radius 3 is 2.71 bits per heavy atom. The van der Waals surface area contributed by atoms with Crippen LogP contribution >= 0.6 is 11.6 Å². The molecule has 0 bridgehead atoms. The van der Waals surface area contributed by atoms with Gasteiger partial charge in [-0.15, -0.1) is 0 Å². The summed E-state index contributed by atoms with van der Waals surface area (Å²) in [4.78, 5) is 23.5. The van der Waals surface area contributed by atoms with Gasteiger partial charge < -0.3 is 15.2 Å². The molecule has 0 heterocycles. The van der Waals surface area contributed by atoms with Crippen molar-refractivity contribution in [1.82, 2.24) is 5.43 Å². The Morgan fingerprint density at radius 1 is 1.21 bits per heavy atom. The standard InChI is InChI=1S/C16H14ClN3O4/c1-24-14-5-3-2-4-12(14)19-15(22)16(23)20-18-9-10-8-11(17)6-7-13(10)21/h2-9,21H,1H3,(H,19,22)(H,20,23). The number of aromatic hydroxyl groups is 1. The Labute approximate surface area is 142 Å². The fourth-order valence-electron chi connectivity index (χ4n) is 1.77. The predicted octanol–water partition coefficient (Wildman–Crippen LogP) is 2.14. The van der Waals surface area contributed by atoms with Crippen molar-refractivity contribution in [2.45, 2.75) is 0 Å². The topological polar surface area (TPSA) is 100 Å². The number of ether oxygens (including phenoxy) is 1. The summed E-state index contributed by atoms with van der Waals surface area (Å²) in [5.41, 5.74) is 2.72. The highest BCUT2D eigenvalue weighted by atomic mass is 35.5. The van der Waals surface area contributed by atoms with Gasteiger partial charge in [0.15, 0.2) is 0 Å². The quantitative estimate of drug-likeness (QED) is 0.448. The number of carbonyl (C=O) groups is 2. The minimum atomic E-state index is -0.973. The van der Waals surface area contributed by atoms with Gasteiger partial charge in [-0.05, 0) is 30.3 Å². The third kappa shape index (κ3) is 4.47. The van der Waals surface area contributed by atoms with E-state index in [4.69, 9.17) is 16.3 Å². The molecule has 0 aromatic heterocycles. The number of hydrogen-bond acceptors (Lipinski definition) is 5. The van der Waals surface area contributed by atoms with Crippen LogP contribution in [0.3, 0.4) is 0 Å². The molecule has 3 N–H and O–H groups in total. The van der Waals surface area contributed by atoms with E-state index in [1.165, 1.54) is 31.5 Å². The van der Waals surface area contributed by atoms with Crippen molar-refractivity contribution in [2.75, 3.05) is 12.4 Å². The number of hydrazone groups is 1. The van der Waals surface area contributed by atoms with Crippen molar-refractivity contribution in [2.24, 2.45) is 5.10 Å². The number of amides is 2. The average Bonchev–Trinajstić information content (AvgIpc) is 2.58. The van der Waals surface area contributed by atoms with E-state index in [1.807, 2.05) is 0 Å². The molecule has 0 aliphatic rings. The zero-order valence-electron chi connectivity index (χ0n) is 12.6. The summed E-state index contributed by atoms with van der Waals surface area (Å²) < 4.78 is 5.07. The largest absolute Gasteiger partial charge is 0.507 e. The molecule has 0 atom stereocenters. The van der Waals surface area contributed by atoms with Gasteiger partial charge >= 0.3 is 11.8 Å². The SMILES string of the molecule is COc1ccccc1NC(=O)C(=O)NN=Cc1cc(Cl)ccc1O. The van der Waals surface area contributed by atoms with Gasteiger partial charge in [-0.2, -0.15) is 5.10 Å². The van der Waals surface area contributed by atoms with E-state index in [0.29, 0.717) is 22.0 Å². The Hall–Kier alpha value is -3.06. The van der Waals surface area contributed by atoms with Gasteiger partial charge in [0.25, 0.3) is 0 Å². The zero-order valence-corrected chi connectivity index (χ0v) is 13.4. The van der Waals surface area contributed by atoms with Crippen LogP contribution in [-0.4, -0.2) is 30.2 Å². The van der Waals surface area contributed by atoms with E-state index in [9.17, 15) is 14.7 Å². The zero-order chi connectivity index (χ0) is 17.5. The fraction of sp³-hybridized carbons (Fsp3) is 0.0625. The number of nitrogens with one attached hydrogen (secondary N) is 2. The third-order valence-corrected chi connectivity index (χ3v) is 3.16. The molecule has 8 heteroatoms. The lowest BCUT2D eigenvalue weighted by Gasteiger charge is -2.08. The van der Waals surface area contributed by atoms with E-state index < -0.39 is 11.8 Å². The summed E-state index contributed by atoms with van der Waals surface area (Å²) in [6, 6.07) is 11.0. The van der Waals surface area contributed by atoms with Crippen molar-refractivity contribution in [1.29, 1.82) is 0 Å². The summed E-state index contributed by atoms with van der Waals surface area (Å²) in [5.74, 6) is -1.52. The molecule has 0 saturated heterocycles. The van der Waals surface area contributed by atoms with Crippen LogP contribution in [0, 0.1) is 0 Å². The van der Waals surface area contributed by atoms with Gasteiger partial charge in [-0.25, -0.2) is 5.43 Å². The number of rotatable bonds is 4. The van der Waals surface area contributed by atoms with Crippen molar-refractivity contribution in [3.63, 3.8) is 0 Å². The van der Waals surface area contributed by atoms with Crippen molar-refractivity contribution >= 4 is 35.3 Å². The fourth-order valence-corrected chi connectivity index (χ4v) is 1.95. The molecular formula is C16H14ClN3O4. The van der Waals surface area contributed by atoms with Crippen LogP contribution in [0.25, 0.3) is 0 Å². The summed E-state index contributed by atoms with van der Waals surface area (Å²) >= 11 is 5.79. The predicted molar refractivity (Wildman–Crippen MR) is 90.5 cm³/mol. The summed E-state index contributed by atoms with van der Waals surface area (Å²) in [7, 11) is 1.45. The summed E-state index contributed by atoms with van der Waals surface area (Å²) in [5, 5.41) is 16.0. The van der Waals surface area contributed by atoms with Gasteiger partial charge in [-0.3, -0.25) is 9.59 Å². The number of halogens is 1. The molecule has 7 nitrogen and oxygen atoms in total. The lowest BCUT2D eigenvalue weighted by Crippen LogP contribution is -2.32. The van der Waals surface area contributed by atoms with Crippen molar-refractivity contribution < 1.29 is 19.4 Å². The molecule has 2 amide bonds. The normalized spacial score (nSPS) is 10.4. The molecule has 0 aliphatic heterocycles. The molecule has 0 unspecified atom stereocenters. The smallest absolute Gasteiger partial charge is 0.329 e. The molecule has 2 aromatic carbocycles. The van der Waals surface area contributed by atoms with Gasteiger partial charge in [0.2, 0.25) is 0 Å². The molecule has 0 fully saturated rings. The van der Waals surface area contributed by atoms with Crippen molar-refractivity contribution in [3.8, 4) is 11.5 Å². The van der Waals surface area contributed by atoms with Crippen LogP contribution in [-0.2, 0) is 9.59 Å². The van der Waals surface area contributed by atoms with Crippen LogP contribution in [0.5, 0.6) is 11.5 Å². The first kappa shape index (κ1) is 17.3. The monoisotopic (exact) mass is 347 g/mol. The lowest BCUT2D eigenvalue weighted by atomic mass is 10.2. The van der Waals surface area contributed by atoms with E-state index in [2.05, 4.69) is 15.8 Å². The van der Waals surface area contributed by atoms with E-state index in [0.717, 1.165) is 0 Å². The minimum absolute atomic E-state index is 0.0594. The molecule has 0 saturated carbocycles. The van der Waals surface area contributed by atoms with Gasteiger partial charge in [-0.1, -0.05) is 23.7 Å². The van der Waals surface area contributed by atoms with E-state index >= 15 is 0 Å². The Bertz CT molecular complexity index is 793. The molecule has 2 rings (SSSR count). The molecule has 124 valence electrons. The number of benzene rings is 2. The highest BCUT2D eigenvalue weighted by molar-refractivity contribution is 6.39. The molecular weight excluding hydrogens is 334 g/mol. The summed E-state index contributed by atoms with van der Waals surface area (Å²) in [6.07, 6.45) is 1.18. The number of methoxy groups -OCH3 is 1. The Morgan fingerprint density at radius 2 is 1.96 bits per heavy atom. The highest BCUT2D eigenvalue weighted by Gasteiger charge is 2.14. The second kappa shape index (κ2) is 7.98. The first-order valence-corrected chi connectivity index (χ1v) is 7.15. The average molecular weight is 348 g/mol. The first-order chi connectivity index (χ1) is 11.5. The van der Waals surface area contributed by atoms with Crippen LogP contribution < -0.4 is 15.5 Å². The number of phenolic OH excluding ortho intramolecular Hbond substituents is 1. The third-order valence-electron chi connectivity index (χ3n) is 2.92. The number of nitrogens with zero attached hydrogens (tertiary/aromatic N) is 1. The number of para-hydroxylation sites is 2. The second-order valence-electron chi connectivity index (χ2n) is 4.56. The van der Waals surface area contributed by atoms with E-state index in [-0.39, 0.29) is 5.75 Å². The Balaban J connectivity index is 1.98. The van der Waals surface area contributed by atoms with Crippen LogP contribution in [0.1, 0.15) is 5.56 Å². The first-order valence-electron chi connectivity index (χ1n) is 6.77. The molecule has 2 aromatic rings. The molecule has 24 heavy (non-hydrogen) atoms. The van der Waals surface area contributed by atoms with Crippen LogP contribution in [0.15, 0.2) is 47.6 Å². The highest BCUT2D eigenvalue weighted by Crippen LogP contribution is 2.22. The number of hydrogen-bond donors (Lipinski definition) is 3.